The van der Waals surface area contributed by atoms with E-state index in [-0.39, 0.29) is 0 Å². The maximum absolute atomic E-state index is 5.90. The Morgan fingerprint density at radius 3 is 2.63 bits per heavy atom. The number of nitrogens with two attached hydrogens (primary N) is 1. The Hall–Kier alpha value is -1.36. The number of hydrogen-bond acceptors (Lipinski definition) is 5. The lowest BCUT2D eigenvalue weighted by atomic mass is 10.2. The molecule has 19 heavy (non-hydrogen) atoms. The van der Waals surface area contributed by atoms with Crippen molar-refractivity contribution in [2.24, 2.45) is 0 Å². The summed E-state index contributed by atoms with van der Waals surface area (Å²) in [4.78, 5) is 8.79. The topological polar surface area (TPSA) is 73.1 Å². The van der Waals surface area contributed by atoms with Crippen molar-refractivity contribution in [1.82, 2.24) is 9.97 Å². The number of aromatic nitrogens is 2. The van der Waals surface area contributed by atoms with Crippen molar-refractivity contribution in [1.29, 1.82) is 0 Å². The van der Waals surface area contributed by atoms with E-state index in [9.17, 15) is 0 Å². The number of nitrogens with one attached hydrogen (secondary N) is 1. The van der Waals surface area contributed by atoms with E-state index in [0.29, 0.717) is 12.4 Å². The van der Waals surface area contributed by atoms with Crippen molar-refractivity contribution in [2.75, 3.05) is 30.8 Å². The first-order valence-electron chi connectivity index (χ1n) is 7.13. The smallest absolute Gasteiger partial charge is 0.134 e. The molecule has 5 nitrogen and oxygen atoms in total. The third kappa shape index (κ3) is 5.42. The van der Waals surface area contributed by atoms with Crippen LogP contribution in [0.15, 0.2) is 0 Å². The van der Waals surface area contributed by atoms with E-state index in [1.807, 2.05) is 6.92 Å². The number of ether oxygens (including phenoxy) is 1. The van der Waals surface area contributed by atoms with Crippen LogP contribution in [0.25, 0.3) is 0 Å². The van der Waals surface area contributed by atoms with E-state index in [1.165, 1.54) is 0 Å². The van der Waals surface area contributed by atoms with E-state index < -0.39 is 0 Å². The molecular formula is C14H26N4O. The van der Waals surface area contributed by atoms with Gasteiger partial charge in [-0.3, -0.25) is 0 Å². The van der Waals surface area contributed by atoms with Gasteiger partial charge in [-0.05, 0) is 19.8 Å². The quantitative estimate of drug-likeness (QED) is 0.672. The minimum atomic E-state index is 0.563. The predicted octanol–water partition coefficient (Wildman–Crippen LogP) is 2.55. The summed E-state index contributed by atoms with van der Waals surface area (Å²) in [6, 6.07) is 0. The molecule has 0 aliphatic rings. The SMILES string of the molecule is CCCCOCCNc1nc(CCC)nc(N)c1C. The van der Waals surface area contributed by atoms with Gasteiger partial charge >= 0.3 is 0 Å². The molecule has 1 rings (SSSR count). The summed E-state index contributed by atoms with van der Waals surface area (Å²) in [6.45, 7) is 8.45. The second kappa shape index (κ2) is 8.69. The molecule has 0 bridgehead atoms. The van der Waals surface area contributed by atoms with Gasteiger partial charge in [-0.1, -0.05) is 20.3 Å². The highest BCUT2D eigenvalue weighted by Crippen LogP contribution is 2.17. The zero-order valence-electron chi connectivity index (χ0n) is 12.3. The summed E-state index contributed by atoms with van der Waals surface area (Å²) in [5, 5.41) is 3.27. The molecule has 0 radical (unpaired) electrons. The van der Waals surface area contributed by atoms with Crippen LogP contribution < -0.4 is 11.1 Å². The molecular weight excluding hydrogens is 240 g/mol. The maximum Gasteiger partial charge on any atom is 0.134 e. The van der Waals surface area contributed by atoms with E-state index >= 15 is 0 Å². The number of nitrogen functional groups attached to an aromatic ring is 1. The summed E-state index contributed by atoms with van der Waals surface area (Å²) in [5.74, 6) is 2.20. The van der Waals surface area contributed by atoms with Crippen molar-refractivity contribution in [3.8, 4) is 0 Å². The second-order valence-electron chi connectivity index (χ2n) is 4.64. The molecule has 0 fully saturated rings. The number of anilines is 2. The third-order valence-electron chi connectivity index (χ3n) is 2.88. The average Bonchev–Trinajstić information content (AvgIpc) is 2.39. The van der Waals surface area contributed by atoms with Gasteiger partial charge in [0.05, 0.1) is 6.61 Å². The molecule has 3 N–H and O–H groups in total. The second-order valence-corrected chi connectivity index (χ2v) is 4.64. The fourth-order valence-electron chi connectivity index (χ4n) is 1.68. The van der Waals surface area contributed by atoms with Crippen LogP contribution in [0.2, 0.25) is 0 Å². The van der Waals surface area contributed by atoms with Gasteiger partial charge in [-0.2, -0.15) is 0 Å². The van der Waals surface area contributed by atoms with Crippen LogP contribution in [0.1, 0.15) is 44.5 Å². The first kappa shape index (κ1) is 15.7. The van der Waals surface area contributed by atoms with E-state index in [4.69, 9.17) is 10.5 Å². The molecule has 0 spiro atoms. The van der Waals surface area contributed by atoms with E-state index in [1.54, 1.807) is 0 Å². The van der Waals surface area contributed by atoms with Crippen LogP contribution in [0, 0.1) is 6.92 Å². The summed E-state index contributed by atoms with van der Waals surface area (Å²) >= 11 is 0. The van der Waals surface area contributed by atoms with Crippen LogP contribution in [-0.4, -0.2) is 29.7 Å². The fourth-order valence-corrected chi connectivity index (χ4v) is 1.68. The van der Waals surface area contributed by atoms with E-state index in [0.717, 1.165) is 56.0 Å². The molecule has 0 saturated carbocycles. The van der Waals surface area contributed by atoms with E-state index in [2.05, 4.69) is 29.1 Å². The van der Waals surface area contributed by atoms with Gasteiger partial charge in [0.25, 0.3) is 0 Å². The molecule has 5 heteroatoms. The monoisotopic (exact) mass is 266 g/mol. The highest BCUT2D eigenvalue weighted by Gasteiger charge is 2.07. The zero-order valence-corrected chi connectivity index (χ0v) is 12.3. The molecule has 0 aromatic carbocycles. The minimum Gasteiger partial charge on any atom is -0.383 e. The van der Waals surface area contributed by atoms with Gasteiger partial charge in [0.15, 0.2) is 0 Å². The molecule has 1 aromatic rings. The summed E-state index contributed by atoms with van der Waals surface area (Å²) < 4.78 is 5.51. The lowest BCUT2D eigenvalue weighted by Crippen LogP contribution is -2.14. The Morgan fingerprint density at radius 2 is 1.95 bits per heavy atom. The van der Waals surface area contributed by atoms with Gasteiger partial charge < -0.3 is 15.8 Å². The number of unbranched alkanes of at least 4 members (excludes halogenated alkanes) is 1. The van der Waals surface area contributed by atoms with Crippen molar-refractivity contribution < 1.29 is 4.74 Å². The Labute approximate surface area is 116 Å². The number of nitrogens with zero attached hydrogens (tertiary/aromatic N) is 2. The van der Waals surface area contributed by atoms with Gasteiger partial charge in [0.1, 0.15) is 17.5 Å². The molecule has 0 aliphatic carbocycles. The molecule has 108 valence electrons. The summed E-state index contributed by atoms with van der Waals surface area (Å²) in [6.07, 6.45) is 4.14. The third-order valence-corrected chi connectivity index (χ3v) is 2.88. The van der Waals surface area contributed by atoms with Crippen LogP contribution in [0.5, 0.6) is 0 Å². The van der Waals surface area contributed by atoms with Crippen molar-refractivity contribution in [2.45, 2.75) is 46.5 Å². The molecule has 0 saturated heterocycles. The number of rotatable bonds is 9. The Bertz CT molecular complexity index is 382. The lowest BCUT2D eigenvalue weighted by molar-refractivity contribution is 0.141. The predicted molar refractivity (Wildman–Crippen MR) is 79.4 cm³/mol. The van der Waals surface area contributed by atoms with Crippen molar-refractivity contribution >= 4 is 11.6 Å². The van der Waals surface area contributed by atoms with Gasteiger partial charge in [-0.15, -0.1) is 0 Å². The first-order chi connectivity index (χ1) is 9.19. The minimum absolute atomic E-state index is 0.563. The van der Waals surface area contributed by atoms with Crippen LogP contribution in [-0.2, 0) is 11.2 Å². The van der Waals surface area contributed by atoms with Gasteiger partial charge in [0.2, 0.25) is 0 Å². The Morgan fingerprint density at radius 1 is 1.16 bits per heavy atom. The van der Waals surface area contributed by atoms with Gasteiger partial charge in [0, 0.05) is 25.1 Å². The number of aryl methyl sites for hydroxylation is 1. The number of hydrogen-bond donors (Lipinski definition) is 2. The molecule has 1 aromatic heterocycles. The molecule has 0 unspecified atom stereocenters. The summed E-state index contributed by atoms with van der Waals surface area (Å²) in [7, 11) is 0. The van der Waals surface area contributed by atoms with Crippen molar-refractivity contribution in [3.63, 3.8) is 0 Å². The molecule has 0 atom stereocenters. The Kier molecular flexibility index (Phi) is 7.18. The van der Waals surface area contributed by atoms with Crippen LogP contribution in [0.4, 0.5) is 11.6 Å². The van der Waals surface area contributed by atoms with Crippen LogP contribution in [0.3, 0.4) is 0 Å². The van der Waals surface area contributed by atoms with Crippen molar-refractivity contribution in [3.05, 3.63) is 11.4 Å². The standard InChI is InChI=1S/C14H26N4O/c1-4-6-9-19-10-8-16-14-11(3)13(15)17-12(18-14)7-5-2/h4-10H2,1-3H3,(H3,15,16,17,18). The van der Waals surface area contributed by atoms with Gasteiger partial charge in [-0.25, -0.2) is 9.97 Å². The molecule has 0 amide bonds. The molecule has 1 heterocycles. The first-order valence-corrected chi connectivity index (χ1v) is 7.13. The molecule has 0 aliphatic heterocycles. The lowest BCUT2D eigenvalue weighted by Gasteiger charge is -2.12. The largest absolute Gasteiger partial charge is 0.383 e. The zero-order chi connectivity index (χ0) is 14.1. The highest BCUT2D eigenvalue weighted by atomic mass is 16.5. The highest BCUT2D eigenvalue weighted by molar-refractivity contribution is 5.54. The van der Waals surface area contributed by atoms with Crippen LogP contribution >= 0.6 is 0 Å². The maximum atomic E-state index is 5.90. The normalized spacial score (nSPS) is 10.7. The Balaban J connectivity index is 2.47. The summed E-state index contributed by atoms with van der Waals surface area (Å²) in [5.41, 5.74) is 6.81. The average molecular weight is 266 g/mol. The fraction of sp³-hybridized carbons (Fsp3) is 0.714.